The summed E-state index contributed by atoms with van der Waals surface area (Å²) in [6, 6.07) is 19.9. The van der Waals surface area contributed by atoms with Gasteiger partial charge in [0, 0.05) is 17.2 Å². The maximum atomic E-state index is 14.9. The second-order valence-electron chi connectivity index (χ2n) is 7.27. The maximum absolute atomic E-state index is 14.9. The van der Waals surface area contributed by atoms with Crippen LogP contribution >= 0.6 is 0 Å². The molecule has 1 atom stereocenters. The second-order valence-corrected chi connectivity index (χ2v) is 8.95. The van der Waals surface area contributed by atoms with Gasteiger partial charge >= 0.3 is 0 Å². The van der Waals surface area contributed by atoms with E-state index in [0.717, 1.165) is 5.56 Å². The Balaban J connectivity index is 1.69. The average molecular weight is 449 g/mol. The van der Waals surface area contributed by atoms with Crippen LogP contribution in [0.4, 0.5) is 10.2 Å². The molecule has 3 aromatic carbocycles. The molecule has 6 nitrogen and oxygen atoms in total. The van der Waals surface area contributed by atoms with Crippen molar-refractivity contribution in [2.75, 3.05) is 5.73 Å². The van der Waals surface area contributed by atoms with Gasteiger partial charge in [-0.25, -0.2) is 22.5 Å². The monoisotopic (exact) mass is 448 g/mol. The van der Waals surface area contributed by atoms with Crippen LogP contribution in [0.3, 0.4) is 0 Å². The molecule has 162 valence electrons. The molecule has 4 aromatic rings. The number of rotatable bonds is 6. The molecular weight excluding hydrogens is 427 g/mol. The van der Waals surface area contributed by atoms with Gasteiger partial charge in [-0.2, -0.15) is 0 Å². The van der Waals surface area contributed by atoms with Crippen molar-refractivity contribution in [3.8, 4) is 22.4 Å². The lowest BCUT2D eigenvalue weighted by Gasteiger charge is -2.17. The largest absolute Gasteiger partial charge is 0.382 e. The first-order valence-electron chi connectivity index (χ1n) is 9.89. The fourth-order valence-electron chi connectivity index (χ4n) is 3.41. The molecule has 1 aromatic heterocycles. The van der Waals surface area contributed by atoms with E-state index in [1.54, 1.807) is 37.3 Å². The Kier molecular flexibility index (Phi) is 5.98. The third-order valence-corrected chi connectivity index (χ3v) is 6.63. The molecule has 0 saturated carbocycles. The lowest BCUT2D eigenvalue weighted by atomic mass is 10.0. The van der Waals surface area contributed by atoms with E-state index in [-0.39, 0.29) is 16.3 Å². The Morgan fingerprint density at radius 1 is 0.906 bits per heavy atom. The van der Waals surface area contributed by atoms with E-state index in [4.69, 9.17) is 5.73 Å². The number of nitrogens with one attached hydrogen (secondary N) is 1. The van der Waals surface area contributed by atoms with E-state index in [1.807, 2.05) is 30.3 Å². The summed E-state index contributed by atoms with van der Waals surface area (Å²) in [6.07, 6.45) is 2.74. The Morgan fingerprint density at radius 3 is 2.31 bits per heavy atom. The van der Waals surface area contributed by atoms with Crippen molar-refractivity contribution in [3.63, 3.8) is 0 Å². The Hall–Kier alpha value is -3.62. The molecule has 4 rings (SSSR count). The normalized spacial score (nSPS) is 12.4. The molecule has 0 radical (unpaired) electrons. The van der Waals surface area contributed by atoms with Gasteiger partial charge in [-0.3, -0.25) is 4.98 Å². The van der Waals surface area contributed by atoms with Crippen molar-refractivity contribution in [1.82, 2.24) is 14.7 Å². The summed E-state index contributed by atoms with van der Waals surface area (Å²) in [5, 5.41) is 0. The van der Waals surface area contributed by atoms with E-state index in [0.29, 0.717) is 16.8 Å². The van der Waals surface area contributed by atoms with Gasteiger partial charge in [0.2, 0.25) is 10.0 Å². The summed E-state index contributed by atoms with van der Waals surface area (Å²) in [4.78, 5) is 8.11. The quantitative estimate of drug-likeness (QED) is 0.450. The standard InChI is InChI=1S/C24H21FN4O2S/c1-16(17-7-3-2-4-8-17)29-32(30,31)23-10-6-5-9-19(23)18-11-12-20(21(25)13-18)22-14-28-24(26)15-27-22/h2-16,29H,1H3,(H2,26,28)/t16-/m0/s1. The molecule has 32 heavy (non-hydrogen) atoms. The van der Waals surface area contributed by atoms with Crippen LogP contribution in [0.15, 0.2) is 90.1 Å². The van der Waals surface area contributed by atoms with E-state index in [2.05, 4.69) is 14.7 Å². The van der Waals surface area contributed by atoms with Gasteiger partial charge in [0.05, 0.1) is 23.0 Å². The second kappa shape index (κ2) is 8.86. The highest BCUT2D eigenvalue weighted by molar-refractivity contribution is 7.89. The average Bonchev–Trinajstić information content (AvgIpc) is 2.80. The fraction of sp³-hybridized carbons (Fsp3) is 0.0833. The summed E-state index contributed by atoms with van der Waals surface area (Å²) < 4.78 is 44.0. The minimum atomic E-state index is -3.88. The molecule has 0 unspecified atom stereocenters. The zero-order chi connectivity index (χ0) is 22.7. The molecule has 8 heteroatoms. The first-order chi connectivity index (χ1) is 15.3. The summed E-state index contributed by atoms with van der Waals surface area (Å²) in [6.45, 7) is 1.78. The van der Waals surface area contributed by atoms with Crippen LogP contribution in [0.5, 0.6) is 0 Å². The minimum absolute atomic E-state index is 0.0715. The van der Waals surface area contributed by atoms with E-state index < -0.39 is 21.9 Å². The molecule has 0 bridgehead atoms. The number of hydrogen-bond donors (Lipinski definition) is 2. The van der Waals surface area contributed by atoms with E-state index in [9.17, 15) is 12.8 Å². The lowest BCUT2D eigenvalue weighted by molar-refractivity contribution is 0.567. The van der Waals surface area contributed by atoms with Gasteiger partial charge in [-0.1, -0.05) is 54.6 Å². The first-order valence-corrected chi connectivity index (χ1v) is 11.4. The first kappa shape index (κ1) is 21.6. The Morgan fingerprint density at radius 2 is 1.62 bits per heavy atom. The highest BCUT2D eigenvalue weighted by atomic mass is 32.2. The van der Waals surface area contributed by atoms with Gasteiger partial charge < -0.3 is 5.73 Å². The van der Waals surface area contributed by atoms with Crippen molar-refractivity contribution in [2.45, 2.75) is 17.9 Å². The number of nitrogens with zero attached hydrogens (tertiary/aromatic N) is 2. The van der Waals surface area contributed by atoms with Crippen LogP contribution < -0.4 is 10.5 Å². The number of nitrogens with two attached hydrogens (primary N) is 1. The van der Waals surface area contributed by atoms with Crippen LogP contribution in [-0.4, -0.2) is 18.4 Å². The van der Waals surface area contributed by atoms with E-state index >= 15 is 0 Å². The van der Waals surface area contributed by atoms with Gasteiger partial charge in [0.15, 0.2) is 0 Å². The van der Waals surface area contributed by atoms with Crippen molar-refractivity contribution < 1.29 is 12.8 Å². The third-order valence-electron chi connectivity index (χ3n) is 5.04. The van der Waals surface area contributed by atoms with Crippen molar-refractivity contribution in [1.29, 1.82) is 0 Å². The third kappa shape index (κ3) is 4.51. The number of sulfonamides is 1. The number of benzene rings is 3. The molecule has 0 aliphatic carbocycles. The summed E-state index contributed by atoms with van der Waals surface area (Å²) >= 11 is 0. The lowest BCUT2D eigenvalue weighted by Crippen LogP contribution is -2.27. The summed E-state index contributed by atoms with van der Waals surface area (Å²) in [7, 11) is -3.88. The smallest absolute Gasteiger partial charge is 0.241 e. The van der Waals surface area contributed by atoms with Gasteiger partial charge in [-0.15, -0.1) is 0 Å². The molecule has 0 saturated heterocycles. The van der Waals surface area contributed by atoms with Crippen molar-refractivity contribution in [3.05, 3.63) is 96.6 Å². The van der Waals surface area contributed by atoms with Crippen molar-refractivity contribution >= 4 is 15.8 Å². The zero-order valence-corrected chi connectivity index (χ0v) is 18.1. The predicted octanol–water partition coefficient (Wildman–Crippen LogP) is 4.57. The number of hydrogen-bond acceptors (Lipinski definition) is 5. The number of anilines is 1. The SMILES string of the molecule is C[C@H](NS(=O)(=O)c1ccccc1-c1ccc(-c2cnc(N)cn2)c(F)c1)c1ccccc1. The van der Waals surface area contributed by atoms with Crippen LogP contribution in [-0.2, 0) is 10.0 Å². The summed E-state index contributed by atoms with van der Waals surface area (Å²) in [5.74, 6) is -0.304. The molecule has 0 spiro atoms. The van der Waals surface area contributed by atoms with Gasteiger partial charge in [0.1, 0.15) is 11.6 Å². The highest BCUT2D eigenvalue weighted by Crippen LogP contribution is 2.31. The number of aromatic nitrogens is 2. The number of halogens is 1. The fourth-order valence-corrected chi connectivity index (χ4v) is 4.87. The van der Waals surface area contributed by atoms with Crippen LogP contribution in [0.25, 0.3) is 22.4 Å². The highest BCUT2D eigenvalue weighted by Gasteiger charge is 2.22. The Labute approximate surface area is 186 Å². The zero-order valence-electron chi connectivity index (χ0n) is 17.2. The number of nitrogen functional groups attached to an aromatic ring is 1. The Bertz CT molecular complexity index is 1340. The minimum Gasteiger partial charge on any atom is -0.382 e. The molecule has 0 aliphatic rings. The molecule has 0 amide bonds. The molecule has 3 N–H and O–H groups in total. The molecule has 0 fully saturated rings. The molecule has 1 heterocycles. The van der Waals surface area contributed by atoms with Crippen molar-refractivity contribution in [2.24, 2.45) is 0 Å². The summed E-state index contributed by atoms with van der Waals surface area (Å²) in [5.41, 5.74) is 7.80. The van der Waals surface area contributed by atoms with Crippen LogP contribution in [0.2, 0.25) is 0 Å². The van der Waals surface area contributed by atoms with Gasteiger partial charge in [-0.05, 0) is 36.2 Å². The van der Waals surface area contributed by atoms with Crippen LogP contribution in [0.1, 0.15) is 18.5 Å². The molecule has 0 aliphatic heterocycles. The predicted molar refractivity (Wildman–Crippen MR) is 122 cm³/mol. The van der Waals surface area contributed by atoms with Gasteiger partial charge in [0.25, 0.3) is 0 Å². The topological polar surface area (TPSA) is 98.0 Å². The van der Waals surface area contributed by atoms with Crippen LogP contribution in [0, 0.1) is 5.82 Å². The molecular formula is C24H21FN4O2S. The van der Waals surface area contributed by atoms with E-state index in [1.165, 1.54) is 24.5 Å². The maximum Gasteiger partial charge on any atom is 0.241 e.